The molecule has 4 aliphatic carbocycles. The van der Waals surface area contributed by atoms with Crippen molar-refractivity contribution in [3.63, 3.8) is 0 Å². The van der Waals surface area contributed by atoms with Gasteiger partial charge in [0, 0.05) is 5.56 Å². The lowest BCUT2D eigenvalue weighted by atomic mass is 9.63. The molecule has 7 heteroatoms. The maximum absolute atomic E-state index is 12.8. The third kappa shape index (κ3) is 2.06. The van der Waals surface area contributed by atoms with E-state index in [-0.39, 0.29) is 46.1 Å². The van der Waals surface area contributed by atoms with Crippen molar-refractivity contribution < 1.29 is 14.4 Å². The summed E-state index contributed by atoms with van der Waals surface area (Å²) in [4.78, 5) is 38.0. The van der Waals surface area contributed by atoms with E-state index in [1.54, 1.807) is 0 Å². The molecule has 25 heavy (non-hydrogen) atoms. The number of carbonyl (C=O) groups is 3. The summed E-state index contributed by atoms with van der Waals surface area (Å²) in [6, 6.07) is 4.42. The second-order valence-corrected chi connectivity index (χ2v) is 8.05. The second-order valence-electron chi connectivity index (χ2n) is 7.24. The average molecular weight is 377 g/mol. The number of hydrogen-bond donors (Lipinski definition) is 1. The summed E-state index contributed by atoms with van der Waals surface area (Å²) in [5, 5.41) is 1.49. The van der Waals surface area contributed by atoms with Crippen molar-refractivity contribution >= 4 is 40.9 Å². The number of nitrogens with one attached hydrogen (secondary N) is 1. The van der Waals surface area contributed by atoms with E-state index in [9.17, 15) is 14.4 Å². The zero-order valence-corrected chi connectivity index (χ0v) is 14.5. The zero-order chi connectivity index (χ0) is 17.5. The van der Waals surface area contributed by atoms with Gasteiger partial charge in [0.2, 0.25) is 0 Å². The van der Waals surface area contributed by atoms with E-state index >= 15 is 0 Å². The number of hydrazine groups is 1. The van der Waals surface area contributed by atoms with Crippen LogP contribution in [0, 0.1) is 35.5 Å². The molecule has 5 aliphatic rings. The number of carbonyl (C=O) groups excluding carboxylic acids is 3. The van der Waals surface area contributed by atoms with E-state index in [1.165, 1.54) is 18.2 Å². The van der Waals surface area contributed by atoms with Crippen LogP contribution < -0.4 is 5.43 Å². The number of nitrogens with zero attached hydrogens (tertiary/aromatic N) is 1. The van der Waals surface area contributed by atoms with Crippen LogP contribution >= 0.6 is 23.2 Å². The Balaban J connectivity index is 1.40. The van der Waals surface area contributed by atoms with Crippen molar-refractivity contribution in [2.24, 2.45) is 35.5 Å². The van der Waals surface area contributed by atoms with E-state index in [4.69, 9.17) is 23.2 Å². The van der Waals surface area contributed by atoms with Crippen molar-refractivity contribution in [2.45, 2.75) is 6.42 Å². The Labute approximate surface area is 153 Å². The molecule has 6 rings (SSSR count). The number of allylic oxidation sites excluding steroid dienone is 2. The van der Waals surface area contributed by atoms with E-state index in [2.05, 4.69) is 17.6 Å². The topological polar surface area (TPSA) is 66.5 Å². The molecule has 1 heterocycles. The largest absolute Gasteiger partial charge is 0.272 e. The molecule has 6 atom stereocenters. The Morgan fingerprint density at radius 1 is 1.00 bits per heavy atom. The Kier molecular flexibility index (Phi) is 3.13. The Morgan fingerprint density at radius 2 is 1.60 bits per heavy atom. The molecule has 2 saturated carbocycles. The fourth-order valence-electron chi connectivity index (χ4n) is 4.87. The van der Waals surface area contributed by atoms with Crippen LogP contribution in [-0.2, 0) is 9.59 Å². The molecule has 2 bridgehead atoms. The summed E-state index contributed by atoms with van der Waals surface area (Å²) >= 11 is 11.8. The highest BCUT2D eigenvalue weighted by molar-refractivity contribution is 6.42. The van der Waals surface area contributed by atoms with Gasteiger partial charge in [0.15, 0.2) is 0 Å². The minimum atomic E-state index is -0.552. The Morgan fingerprint density at radius 3 is 2.16 bits per heavy atom. The molecular weight excluding hydrogens is 363 g/mol. The summed E-state index contributed by atoms with van der Waals surface area (Å²) in [5.41, 5.74) is 2.71. The third-order valence-electron chi connectivity index (χ3n) is 6.06. The molecular formula is C18H14Cl2N2O3. The summed E-state index contributed by atoms with van der Waals surface area (Å²) < 4.78 is 0. The molecule has 1 saturated heterocycles. The molecule has 0 unspecified atom stereocenters. The number of rotatable bonds is 2. The Bertz CT molecular complexity index is 832. The van der Waals surface area contributed by atoms with Gasteiger partial charge in [0.1, 0.15) is 0 Å². The minimum absolute atomic E-state index is 0.128. The first-order chi connectivity index (χ1) is 12.0. The van der Waals surface area contributed by atoms with Crippen LogP contribution in [0.3, 0.4) is 0 Å². The van der Waals surface area contributed by atoms with Crippen molar-refractivity contribution in [2.75, 3.05) is 0 Å². The number of imide groups is 1. The number of amides is 3. The Hall–Kier alpha value is -1.85. The fourth-order valence-corrected chi connectivity index (χ4v) is 5.17. The van der Waals surface area contributed by atoms with Crippen molar-refractivity contribution in [3.05, 3.63) is 46.0 Å². The first-order valence-corrected chi connectivity index (χ1v) is 9.05. The maximum atomic E-state index is 12.8. The van der Waals surface area contributed by atoms with Gasteiger partial charge in [-0.1, -0.05) is 35.4 Å². The van der Waals surface area contributed by atoms with Gasteiger partial charge in [0.25, 0.3) is 17.7 Å². The summed E-state index contributed by atoms with van der Waals surface area (Å²) in [6.45, 7) is 0. The number of benzene rings is 1. The number of hydrogen-bond acceptors (Lipinski definition) is 3. The minimum Gasteiger partial charge on any atom is -0.272 e. The van der Waals surface area contributed by atoms with Gasteiger partial charge in [0.05, 0.1) is 21.9 Å². The molecule has 1 aliphatic heterocycles. The molecule has 1 aromatic rings. The quantitative estimate of drug-likeness (QED) is 0.637. The molecule has 3 fully saturated rings. The summed E-state index contributed by atoms with van der Waals surface area (Å²) in [7, 11) is 0. The van der Waals surface area contributed by atoms with Crippen LogP contribution in [0.4, 0.5) is 0 Å². The van der Waals surface area contributed by atoms with E-state index in [0.717, 1.165) is 11.4 Å². The van der Waals surface area contributed by atoms with Gasteiger partial charge in [-0.05, 0) is 48.3 Å². The van der Waals surface area contributed by atoms with Gasteiger partial charge in [-0.25, -0.2) is 0 Å². The first kappa shape index (κ1) is 15.4. The van der Waals surface area contributed by atoms with Crippen LogP contribution in [0.5, 0.6) is 0 Å². The van der Waals surface area contributed by atoms with E-state index in [0.29, 0.717) is 16.9 Å². The third-order valence-corrected chi connectivity index (χ3v) is 6.80. The van der Waals surface area contributed by atoms with Crippen molar-refractivity contribution in [1.82, 2.24) is 10.4 Å². The SMILES string of the molecule is O=C(NN1C(=O)[C@@H]2[C@H]3C=C[C@@H]([C@@H]4C[C@@H]34)[C@@H]2C1=O)c1ccc(Cl)c(Cl)c1. The highest BCUT2D eigenvalue weighted by Crippen LogP contribution is 2.65. The molecule has 1 aromatic carbocycles. The van der Waals surface area contributed by atoms with E-state index in [1.807, 2.05) is 0 Å². The highest BCUT2D eigenvalue weighted by Gasteiger charge is 2.67. The fraction of sp³-hybridized carbons (Fsp3) is 0.389. The van der Waals surface area contributed by atoms with Crippen LogP contribution in [0.2, 0.25) is 10.0 Å². The molecule has 0 radical (unpaired) electrons. The van der Waals surface area contributed by atoms with Gasteiger partial charge in [-0.2, -0.15) is 5.01 Å². The van der Waals surface area contributed by atoms with Gasteiger partial charge < -0.3 is 0 Å². The number of halogens is 2. The lowest BCUT2D eigenvalue weighted by molar-refractivity contribution is -0.143. The predicted octanol–water partition coefficient (Wildman–Crippen LogP) is 2.69. The lowest BCUT2D eigenvalue weighted by Gasteiger charge is -2.37. The monoisotopic (exact) mass is 376 g/mol. The molecule has 128 valence electrons. The van der Waals surface area contributed by atoms with Gasteiger partial charge in [-0.3, -0.25) is 19.8 Å². The summed E-state index contributed by atoms with van der Waals surface area (Å²) in [5.74, 6) is -0.504. The lowest BCUT2D eigenvalue weighted by Crippen LogP contribution is -2.46. The molecule has 0 spiro atoms. The molecule has 3 amide bonds. The zero-order valence-electron chi connectivity index (χ0n) is 13.0. The highest BCUT2D eigenvalue weighted by atomic mass is 35.5. The maximum Gasteiger partial charge on any atom is 0.270 e. The van der Waals surface area contributed by atoms with Gasteiger partial charge >= 0.3 is 0 Å². The normalized spacial score (nSPS) is 37.1. The average Bonchev–Trinajstić information content (AvgIpc) is 3.38. The van der Waals surface area contributed by atoms with Crippen LogP contribution in [-0.4, -0.2) is 22.7 Å². The van der Waals surface area contributed by atoms with Gasteiger partial charge in [-0.15, -0.1) is 0 Å². The molecule has 5 nitrogen and oxygen atoms in total. The standard InChI is InChI=1S/C18H14Cl2N2O3/c19-12-4-1-7(5-13(12)20)16(23)21-22-17(24)14-8-2-3-9(11-6-10(8)11)15(14)18(22)25/h1-5,8-11,14-15H,6H2,(H,21,23)/t8-,9-,10-,11-,14-,15+/m0/s1. The second kappa shape index (κ2) is 5.08. The smallest absolute Gasteiger partial charge is 0.270 e. The van der Waals surface area contributed by atoms with Crippen LogP contribution in [0.15, 0.2) is 30.4 Å². The van der Waals surface area contributed by atoms with Crippen LogP contribution in [0.1, 0.15) is 16.8 Å². The molecule has 0 aromatic heterocycles. The van der Waals surface area contributed by atoms with E-state index < -0.39 is 5.91 Å². The molecule has 1 N–H and O–H groups in total. The van der Waals surface area contributed by atoms with Crippen molar-refractivity contribution in [1.29, 1.82) is 0 Å². The van der Waals surface area contributed by atoms with Crippen molar-refractivity contribution in [3.8, 4) is 0 Å². The summed E-state index contributed by atoms with van der Waals surface area (Å²) in [6.07, 6.45) is 5.29. The predicted molar refractivity (Wildman–Crippen MR) is 90.5 cm³/mol. The van der Waals surface area contributed by atoms with Crippen LogP contribution in [0.25, 0.3) is 0 Å². The first-order valence-electron chi connectivity index (χ1n) is 8.29.